The Balaban J connectivity index is 2.28. The number of benzene rings is 2. The fourth-order valence-electron chi connectivity index (χ4n) is 2.84. The Morgan fingerprint density at radius 3 is 2.00 bits per heavy atom. The summed E-state index contributed by atoms with van der Waals surface area (Å²) in [7, 11) is 0. The molecular formula is C20H25NO2. The highest BCUT2D eigenvalue weighted by Gasteiger charge is 2.29. The van der Waals surface area contributed by atoms with E-state index >= 15 is 0 Å². The number of hydrogen-bond donors (Lipinski definition) is 1. The summed E-state index contributed by atoms with van der Waals surface area (Å²) in [6, 6.07) is 20.5. The second kappa shape index (κ2) is 7.93. The van der Waals surface area contributed by atoms with Gasteiger partial charge in [0.2, 0.25) is 0 Å². The molecule has 0 spiro atoms. The van der Waals surface area contributed by atoms with Crippen molar-refractivity contribution < 1.29 is 9.90 Å². The third-order valence-electron chi connectivity index (χ3n) is 4.62. The molecule has 3 heteroatoms. The van der Waals surface area contributed by atoms with Crippen LogP contribution in [-0.4, -0.2) is 22.0 Å². The third kappa shape index (κ3) is 4.42. The van der Waals surface area contributed by atoms with Gasteiger partial charge < -0.3 is 5.11 Å². The maximum Gasteiger partial charge on any atom is 0.307 e. The molecule has 0 aromatic heterocycles. The highest BCUT2D eigenvalue weighted by molar-refractivity contribution is 5.70. The quantitative estimate of drug-likeness (QED) is 0.826. The van der Waals surface area contributed by atoms with E-state index in [0.717, 1.165) is 6.54 Å². The summed E-state index contributed by atoms with van der Waals surface area (Å²) >= 11 is 0. The van der Waals surface area contributed by atoms with Crippen molar-refractivity contribution in [3.8, 4) is 0 Å². The smallest absolute Gasteiger partial charge is 0.307 e. The Bertz CT molecular complexity index is 612. The van der Waals surface area contributed by atoms with Crippen LogP contribution in [0.5, 0.6) is 0 Å². The average Bonchev–Trinajstić information content (AvgIpc) is 2.59. The van der Waals surface area contributed by atoms with Crippen LogP contribution in [0.2, 0.25) is 0 Å². The van der Waals surface area contributed by atoms with Crippen molar-refractivity contribution in [1.29, 1.82) is 0 Å². The number of carbonyl (C=O) groups is 1. The molecule has 0 bridgehead atoms. The first kappa shape index (κ1) is 17.2. The molecule has 3 atom stereocenters. The van der Waals surface area contributed by atoms with Crippen molar-refractivity contribution in [2.24, 2.45) is 5.92 Å². The Morgan fingerprint density at radius 2 is 1.48 bits per heavy atom. The molecule has 0 fully saturated rings. The van der Waals surface area contributed by atoms with Crippen molar-refractivity contribution in [3.05, 3.63) is 71.8 Å². The normalized spacial score (nSPS) is 15.1. The Morgan fingerprint density at radius 1 is 0.957 bits per heavy atom. The molecular weight excluding hydrogens is 286 g/mol. The van der Waals surface area contributed by atoms with Crippen LogP contribution in [-0.2, 0) is 11.3 Å². The number of aliphatic carboxylic acids is 1. The van der Waals surface area contributed by atoms with E-state index in [4.69, 9.17) is 0 Å². The van der Waals surface area contributed by atoms with Gasteiger partial charge in [-0.05, 0) is 25.0 Å². The van der Waals surface area contributed by atoms with Crippen molar-refractivity contribution in [2.45, 2.75) is 39.4 Å². The molecule has 23 heavy (non-hydrogen) atoms. The van der Waals surface area contributed by atoms with Gasteiger partial charge in [0.15, 0.2) is 0 Å². The second-order valence-corrected chi connectivity index (χ2v) is 6.11. The highest BCUT2D eigenvalue weighted by atomic mass is 16.4. The Hall–Kier alpha value is -2.13. The summed E-state index contributed by atoms with van der Waals surface area (Å²) in [6.45, 7) is 6.66. The van der Waals surface area contributed by atoms with E-state index in [9.17, 15) is 9.90 Å². The number of rotatable bonds is 7. The lowest BCUT2D eigenvalue weighted by atomic mass is 9.97. The van der Waals surface area contributed by atoms with Gasteiger partial charge in [0, 0.05) is 18.6 Å². The Labute approximate surface area is 138 Å². The minimum atomic E-state index is -0.754. The number of carboxylic acid groups (broad SMARTS) is 1. The molecule has 1 N–H and O–H groups in total. The van der Waals surface area contributed by atoms with E-state index in [0.29, 0.717) is 0 Å². The summed E-state index contributed by atoms with van der Waals surface area (Å²) in [5, 5.41) is 9.39. The third-order valence-corrected chi connectivity index (χ3v) is 4.62. The van der Waals surface area contributed by atoms with Gasteiger partial charge in [0.25, 0.3) is 0 Å². The molecule has 1 unspecified atom stereocenters. The van der Waals surface area contributed by atoms with Crippen LogP contribution >= 0.6 is 0 Å². The van der Waals surface area contributed by atoms with Gasteiger partial charge >= 0.3 is 5.97 Å². The second-order valence-electron chi connectivity index (χ2n) is 6.11. The van der Waals surface area contributed by atoms with Crippen LogP contribution < -0.4 is 0 Å². The van der Waals surface area contributed by atoms with Gasteiger partial charge in [0.1, 0.15) is 0 Å². The van der Waals surface area contributed by atoms with Crippen LogP contribution in [0.3, 0.4) is 0 Å². The van der Waals surface area contributed by atoms with Crippen LogP contribution in [0.1, 0.15) is 37.9 Å². The van der Waals surface area contributed by atoms with E-state index in [-0.39, 0.29) is 12.1 Å². The molecule has 0 saturated carbocycles. The topological polar surface area (TPSA) is 40.5 Å². The van der Waals surface area contributed by atoms with Crippen LogP contribution in [0, 0.1) is 5.92 Å². The van der Waals surface area contributed by atoms with Gasteiger partial charge in [-0.1, -0.05) is 67.6 Å². The first-order chi connectivity index (χ1) is 11.0. The SMILES string of the molecule is CC(c1ccccc1)N(Cc1ccccc1)[C@@H](C)[C@H](C)C(=O)O. The van der Waals surface area contributed by atoms with Gasteiger partial charge in [-0.2, -0.15) is 0 Å². The fourth-order valence-corrected chi connectivity index (χ4v) is 2.84. The molecule has 0 amide bonds. The van der Waals surface area contributed by atoms with Crippen molar-refractivity contribution >= 4 is 5.97 Å². The molecule has 0 radical (unpaired) electrons. The molecule has 0 saturated heterocycles. The summed E-state index contributed by atoms with van der Waals surface area (Å²) in [4.78, 5) is 13.7. The summed E-state index contributed by atoms with van der Waals surface area (Å²) in [5.41, 5.74) is 2.40. The lowest BCUT2D eigenvalue weighted by Gasteiger charge is -2.37. The number of carboxylic acids is 1. The minimum Gasteiger partial charge on any atom is -0.481 e. The zero-order valence-electron chi connectivity index (χ0n) is 14.0. The van der Waals surface area contributed by atoms with E-state index in [1.807, 2.05) is 43.3 Å². The predicted molar refractivity (Wildman–Crippen MR) is 93.1 cm³/mol. The fraction of sp³-hybridized carbons (Fsp3) is 0.350. The lowest BCUT2D eigenvalue weighted by molar-refractivity contribution is -0.143. The zero-order chi connectivity index (χ0) is 16.8. The zero-order valence-corrected chi connectivity index (χ0v) is 14.0. The minimum absolute atomic E-state index is 0.0667. The number of nitrogens with zero attached hydrogens (tertiary/aromatic N) is 1. The average molecular weight is 311 g/mol. The maximum atomic E-state index is 11.4. The molecule has 0 aliphatic rings. The molecule has 3 nitrogen and oxygen atoms in total. The van der Waals surface area contributed by atoms with Gasteiger partial charge in [0.05, 0.1) is 5.92 Å². The van der Waals surface area contributed by atoms with Gasteiger partial charge in [-0.25, -0.2) is 0 Å². The maximum absolute atomic E-state index is 11.4. The van der Waals surface area contributed by atoms with E-state index < -0.39 is 11.9 Å². The molecule has 2 aromatic carbocycles. The van der Waals surface area contributed by atoms with Gasteiger partial charge in [-0.15, -0.1) is 0 Å². The molecule has 0 aliphatic heterocycles. The monoisotopic (exact) mass is 311 g/mol. The summed E-state index contributed by atoms with van der Waals surface area (Å²) in [6.07, 6.45) is 0. The molecule has 0 heterocycles. The number of hydrogen-bond acceptors (Lipinski definition) is 2. The first-order valence-electron chi connectivity index (χ1n) is 8.08. The molecule has 2 rings (SSSR count). The van der Waals surface area contributed by atoms with E-state index in [2.05, 4.69) is 36.1 Å². The lowest BCUT2D eigenvalue weighted by Crippen LogP contribution is -2.41. The van der Waals surface area contributed by atoms with Crippen LogP contribution in [0.15, 0.2) is 60.7 Å². The van der Waals surface area contributed by atoms with E-state index in [1.54, 1.807) is 6.92 Å². The standard InChI is InChI=1S/C20H25NO2/c1-15(20(22)23)16(2)21(14-18-10-6-4-7-11-18)17(3)19-12-8-5-9-13-19/h4-13,15-17H,14H2,1-3H3,(H,22,23)/t15-,16-,17?/m0/s1. The summed E-state index contributed by atoms with van der Waals surface area (Å²) < 4.78 is 0. The Kier molecular flexibility index (Phi) is 5.94. The molecule has 0 aliphatic carbocycles. The van der Waals surface area contributed by atoms with Crippen molar-refractivity contribution in [3.63, 3.8) is 0 Å². The first-order valence-corrected chi connectivity index (χ1v) is 8.08. The van der Waals surface area contributed by atoms with Crippen molar-refractivity contribution in [2.75, 3.05) is 0 Å². The van der Waals surface area contributed by atoms with E-state index in [1.165, 1.54) is 11.1 Å². The van der Waals surface area contributed by atoms with Crippen molar-refractivity contribution in [1.82, 2.24) is 4.90 Å². The predicted octanol–water partition coefficient (Wildman–Crippen LogP) is 4.36. The largest absolute Gasteiger partial charge is 0.481 e. The highest BCUT2D eigenvalue weighted by Crippen LogP contribution is 2.27. The van der Waals surface area contributed by atoms with Crippen LogP contribution in [0.4, 0.5) is 0 Å². The summed E-state index contributed by atoms with van der Waals surface area (Å²) in [5.74, 6) is -1.18. The molecule has 2 aromatic rings. The molecule has 122 valence electrons. The van der Waals surface area contributed by atoms with Crippen LogP contribution in [0.25, 0.3) is 0 Å². The van der Waals surface area contributed by atoms with Gasteiger partial charge in [-0.3, -0.25) is 9.69 Å².